The van der Waals surface area contributed by atoms with E-state index in [0.29, 0.717) is 30.1 Å². The van der Waals surface area contributed by atoms with E-state index in [4.69, 9.17) is 20.8 Å². The minimum atomic E-state index is -0.681. The van der Waals surface area contributed by atoms with Gasteiger partial charge in [0.05, 0.1) is 17.5 Å². The van der Waals surface area contributed by atoms with Crippen LogP contribution in [-0.2, 0) is 6.54 Å². The highest BCUT2D eigenvalue weighted by Gasteiger charge is 2.10. The molecule has 1 aromatic heterocycles. The van der Waals surface area contributed by atoms with Gasteiger partial charge in [-0.25, -0.2) is 9.59 Å². The molecule has 6 heteroatoms. The van der Waals surface area contributed by atoms with Crippen molar-refractivity contribution >= 4 is 33.3 Å². The average Bonchev–Trinajstić information content (AvgIpc) is 2.67. The first-order chi connectivity index (χ1) is 13.1. The van der Waals surface area contributed by atoms with E-state index < -0.39 is 11.4 Å². The molecule has 136 valence electrons. The van der Waals surface area contributed by atoms with Crippen LogP contribution in [-0.4, -0.2) is 11.2 Å². The van der Waals surface area contributed by atoms with Crippen LogP contribution in [0.25, 0.3) is 21.7 Å². The van der Waals surface area contributed by atoms with Crippen molar-refractivity contribution in [3.8, 4) is 5.75 Å². The summed E-state index contributed by atoms with van der Waals surface area (Å²) in [5.74, 6) is 0.122. The van der Waals surface area contributed by atoms with Crippen LogP contribution < -0.4 is 16.1 Å². The number of fused-ring (bicyclic) bond motifs is 2. The third kappa shape index (κ3) is 3.46. The summed E-state index contributed by atoms with van der Waals surface area (Å²) in [5, 5.41) is 2.86. The molecule has 5 nitrogen and oxygen atoms in total. The fraction of sp³-hybridized carbons (Fsp3) is 0.143. The van der Waals surface area contributed by atoms with E-state index in [9.17, 15) is 9.59 Å². The monoisotopic (exact) mass is 381 g/mol. The number of hydrogen-bond donors (Lipinski definition) is 0. The zero-order valence-corrected chi connectivity index (χ0v) is 15.1. The van der Waals surface area contributed by atoms with Crippen LogP contribution in [0.15, 0.2) is 74.7 Å². The molecular formula is C21H16ClNO4. The number of benzene rings is 3. The van der Waals surface area contributed by atoms with Crippen molar-refractivity contribution in [1.29, 1.82) is 0 Å². The van der Waals surface area contributed by atoms with E-state index in [1.54, 1.807) is 12.1 Å². The van der Waals surface area contributed by atoms with Gasteiger partial charge in [-0.3, -0.25) is 4.57 Å². The Morgan fingerprint density at radius 2 is 1.78 bits per heavy atom. The first-order valence-electron chi connectivity index (χ1n) is 8.57. The zero-order valence-electron chi connectivity index (χ0n) is 14.4. The van der Waals surface area contributed by atoms with E-state index in [2.05, 4.69) is 0 Å². The highest BCUT2D eigenvalue weighted by molar-refractivity contribution is 6.31. The number of aromatic nitrogens is 1. The van der Waals surface area contributed by atoms with Gasteiger partial charge in [-0.2, -0.15) is 0 Å². The normalized spacial score (nSPS) is 11.1. The Kier molecular flexibility index (Phi) is 4.69. The molecule has 0 spiro atoms. The number of halogens is 1. The molecule has 0 saturated carbocycles. The summed E-state index contributed by atoms with van der Waals surface area (Å²) in [6, 6.07) is 18.7. The van der Waals surface area contributed by atoms with Gasteiger partial charge in [-0.1, -0.05) is 48.0 Å². The molecule has 4 rings (SSSR count). The minimum Gasteiger partial charge on any atom is -0.493 e. The van der Waals surface area contributed by atoms with Crippen LogP contribution in [0.3, 0.4) is 0 Å². The molecule has 0 aliphatic carbocycles. The maximum absolute atomic E-state index is 12.1. The van der Waals surface area contributed by atoms with Crippen molar-refractivity contribution in [3.63, 3.8) is 0 Å². The fourth-order valence-electron chi connectivity index (χ4n) is 3.13. The second-order valence-corrected chi connectivity index (χ2v) is 6.58. The lowest BCUT2D eigenvalue weighted by Gasteiger charge is -2.11. The lowest BCUT2D eigenvalue weighted by Crippen LogP contribution is -2.25. The summed E-state index contributed by atoms with van der Waals surface area (Å²) in [6.45, 7) is 0.792. The molecule has 0 bridgehead atoms. The summed E-state index contributed by atoms with van der Waals surface area (Å²) in [7, 11) is 0. The van der Waals surface area contributed by atoms with Gasteiger partial charge in [0, 0.05) is 17.0 Å². The lowest BCUT2D eigenvalue weighted by atomic mass is 10.1. The Balaban J connectivity index is 1.53. The number of aryl methyl sites for hydroxylation is 1. The Morgan fingerprint density at radius 3 is 2.67 bits per heavy atom. The predicted octanol–water partition coefficient (Wildman–Crippen LogP) is 4.23. The van der Waals surface area contributed by atoms with Gasteiger partial charge in [-0.05, 0) is 36.1 Å². The molecule has 0 N–H and O–H groups in total. The summed E-state index contributed by atoms with van der Waals surface area (Å²) in [4.78, 5) is 24.0. The van der Waals surface area contributed by atoms with Crippen LogP contribution in [0.4, 0.5) is 0 Å². The quantitative estimate of drug-likeness (QED) is 0.485. The largest absolute Gasteiger partial charge is 0.493 e. The Morgan fingerprint density at radius 1 is 0.963 bits per heavy atom. The molecule has 4 aromatic rings. The van der Waals surface area contributed by atoms with E-state index in [0.717, 1.165) is 16.5 Å². The second kappa shape index (κ2) is 7.29. The first kappa shape index (κ1) is 17.4. The third-order valence-corrected chi connectivity index (χ3v) is 4.64. The third-order valence-electron chi connectivity index (χ3n) is 4.40. The van der Waals surface area contributed by atoms with Crippen LogP contribution >= 0.6 is 11.6 Å². The molecule has 0 aliphatic rings. The second-order valence-electron chi connectivity index (χ2n) is 6.15. The van der Waals surface area contributed by atoms with Crippen molar-refractivity contribution in [1.82, 2.24) is 4.57 Å². The highest BCUT2D eigenvalue weighted by atomic mass is 35.5. The van der Waals surface area contributed by atoms with E-state index >= 15 is 0 Å². The molecule has 0 aliphatic heterocycles. The number of hydrogen-bond acceptors (Lipinski definition) is 4. The molecular weight excluding hydrogens is 366 g/mol. The summed E-state index contributed by atoms with van der Waals surface area (Å²) in [6.07, 6.45) is 0.578. The molecule has 0 radical (unpaired) electrons. The highest BCUT2D eigenvalue weighted by Crippen LogP contribution is 2.25. The minimum absolute atomic E-state index is 0.289. The molecule has 0 fully saturated rings. The van der Waals surface area contributed by atoms with Crippen molar-refractivity contribution in [2.75, 3.05) is 6.61 Å². The SMILES string of the molecule is O=c1oc(=O)n(CCCOc2cccc3ccccc23)c2ccc(Cl)cc12. The molecule has 0 unspecified atom stereocenters. The molecule has 0 atom stereocenters. The summed E-state index contributed by atoms with van der Waals surface area (Å²) < 4.78 is 12.1. The molecule has 0 amide bonds. The fourth-order valence-corrected chi connectivity index (χ4v) is 3.31. The van der Waals surface area contributed by atoms with Gasteiger partial charge in [-0.15, -0.1) is 0 Å². The standard InChI is InChI=1S/C21H16ClNO4/c22-15-9-10-18-17(13-15)20(24)27-21(25)23(18)11-4-12-26-19-8-3-6-14-5-1-2-7-16(14)19/h1-3,5-10,13H,4,11-12H2. The van der Waals surface area contributed by atoms with E-state index in [1.165, 1.54) is 10.6 Å². The maximum Gasteiger partial charge on any atom is 0.422 e. The number of ether oxygens (including phenoxy) is 1. The Labute approximate surface area is 159 Å². The van der Waals surface area contributed by atoms with Gasteiger partial charge < -0.3 is 9.15 Å². The lowest BCUT2D eigenvalue weighted by molar-refractivity contribution is 0.299. The molecule has 0 saturated heterocycles. The number of rotatable bonds is 5. The van der Waals surface area contributed by atoms with E-state index in [-0.39, 0.29) is 5.39 Å². The van der Waals surface area contributed by atoms with Crippen molar-refractivity contribution in [2.24, 2.45) is 0 Å². The molecule has 3 aromatic carbocycles. The van der Waals surface area contributed by atoms with Gasteiger partial charge in [0.1, 0.15) is 5.75 Å². The van der Waals surface area contributed by atoms with Crippen LogP contribution in [0.2, 0.25) is 5.02 Å². The summed E-state index contributed by atoms with van der Waals surface area (Å²) >= 11 is 5.94. The zero-order chi connectivity index (χ0) is 18.8. The first-order valence-corrected chi connectivity index (χ1v) is 8.95. The molecule has 27 heavy (non-hydrogen) atoms. The van der Waals surface area contributed by atoms with Crippen molar-refractivity contribution in [3.05, 3.63) is 86.7 Å². The van der Waals surface area contributed by atoms with Gasteiger partial charge >= 0.3 is 11.4 Å². The predicted molar refractivity (Wildman–Crippen MR) is 106 cm³/mol. The molecule has 1 heterocycles. The van der Waals surface area contributed by atoms with E-state index in [1.807, 2.05) is 42.5 Å². The van der Waals surface area contributed by atoms with Crippen LogP contribution in [0.1, 0.15) is 6.42 Å². The maximum atomic E-state index is 12.1. The Bertz CT molecular complexity index is 1240. The number of nitrogens with zero attached hydrogens (tertiary/aromatic N) is 1. The van der Waals surface area contributed by atoms with Gasteiger partial charge in [0.25, 0.3) is 0 Å². The van der Waals surface area contributed by atoms with Crippen molar-refractivity contribution < 1.29 is 9.15 Å². The van der Waals surface area contributed by atoms with Gasteiger partial charge in [0.2, 0.25) is 0 Å². The van der Waals surface area contributed by atoms with Crippen molar-refractivity contribution in [2.45, 2.75) is 13.0 Å². The topological polar surface area (TPSA) is 61.4 Å². The van der Waals surface area contributed by atoms with Gasteiger partial charge in [0.15, 0.2) is 0 Å². The van der Waals surface area contributed by atoms with Crippen LogP contribution in [0.5, 0.6) is 5.75 Å². The summed E-state index contributed by atoms with van der Waals surface area (Å²) in [5.41, 5.74) is -0.174. The van der Waals surface area contributed by atoms with Crippen LogP contribution in [0, 0.1) is 0 Å². The smallest absolute Gasteiger partial charge is 0.422 e. The average molecular weight is 382 g/mol. The Hall–Kier alpha value is -3.05.